The summed E-state index contributed by atoms with van der Waals surface area (Å²) in [5.74, 6) is 0. The molecule has 0 amide bonds. The molecule has 0 aromatic heterocycles. The molecule has 0 atom stereocenters. The molecule has 2 rings (SSSR count). The Bertz CT molecular complexity index is 331. The molecular formula is C12H13Cl. The zero-order chi connectivity index (χ0) is 9.31. The van der Waals surface area contributed by atoms with Gasteiger partial charge in [0.25, 0.3) is 0 Å². The summed E-state index contributed by atoms with van der Waals surface area (Å²) in [5, 5.41) is 0.839. The highest BCUT2D eigenvalue weighted by Gasteiger charge is 2.27. The molecule has 0 heterocycles. The summed E-state index contributed by atoms with van der Waals surface area (Å²) in [6.45, 7) is 2.29. The molecule has 1 aliphatic carbocycles. The molecule has 0 spiro atoms. The fourth-order valence-corrected chi connectivity index (χ4v) is 2.06. The monoisotopic (exact) mass is 192 g/mol. The van der Waals surface area contributed by atoms with E-state index >= 15 is 0 Å². The van der Waals surface area contributed by atoms with E-state index in [1.807, 2.05) is 12.1 Å². The molecule has 1 heteroatoms. The Kier molecular flexibility index (Phi) is 2.17. The number of benzene rings is 1. The molecular weight excluding hydrogens is 180 g/mol. The van der Waals surface area contributed by atoms with Gasteiger partial charge in [0.05, 0.1) is 0 Å². The third kappa shape index (κ3) is 1.64. The molecule has 68 valence electrons. The summed E-state index contributed by atoms with van der Waals surface area (Å²) in [6.07, 6.45) is 6.77. The zero-order valence-corrected chi connectivity index (χ0v) is 8.51. The molecule has 0 bridgehead atoms. The lowest BCUT2D eigenvalue weighted by atomic mass is 9.80. The molecule has 0 aliphatic heterocycles. The van der Waals surface area contributed by atoms with Gasteiger partial charge in [-0.25, -0.2) is 0 Å². The molecule has 13 heavy (non-hydrogen) atoms. The first-order valence-corrected chi connectivity index (χ1v) is 5.00. The second-order valence-electron chi connectivity index (χ2n) is 3.95. The Labute approximate surface area is 84.2 Å². The van der Waals surface area contributed by atoms with Gasteiger partial charge in [0, 0.05) is 5.02 Å². The Hall–Kier alpha value is -0.750. The summed E-state index contributed by atoms with van der Waals surface area (Å²) in [5.41, 5.74) is 1.63. The molecule has 1 aromatic carbocycles. The zero-order valence-electron chi connectivity index (χ0n) is 7.76. The Morgan fingerprint density at radius 2 is 1.92 bits per heavy atom. The predicted molar refractivity (Wildman–Crippen MR) is 57.2 cm³/mol. The van der Waals surface area contributed by atoms with Gasteiger partial charge in [0.1, 0.15) is 0 Å². The van der Waals surface area contributed by atoms with Crippen molar-refractivity contribution < 1.29 is 0 Å². The van der Waals surface area contributed by atoms with E-state index in [-0.39, 0.29) is 5.41 Å². The minimum absolute atomic E-state index is 0.283. The lowest BCUT2D eigenvalue weighted by Crippen LogP contribution is -2.16. The third-order valence-corrected chi connectivity index (χ3v) is 3.06. The highest BCUT2D eigenvalue weighted by atomic mass is 35.5. The first kappa shape index (κ1) is 8.83. The van der Waals surface area contributed by atoms with Crippen LogP contribution in [0, 0.1) is 0 Å². The van der Waals surface area contributed by atoms with Crippen molar-refractivity contribution in [3.63, 3.8) is 0 Å². The third-order valence-electron chi connectivity index (χ3n) is 2.82. The normalized spacial score (nSPS) is 19.2. The quantitative estimate of drug-likeness (QED) is 0.592. The lowest BCUT2D eigenvalue weighted by Gasteiger charge is -2.24. The number of allylic oxidation sites excluding steroid dienone is 2. The average molecular weight is 193 g/mol. The standard InChI is InChI=1S/C12H13Cl/c1-12(7-2-3-8-12)10-5-4-6-11(13)9-10/h2-6,9H,7-8H2,1H3. The second-order valence-corrected chi connectivity index (χ2v) is 4.39. The first-order valence-electron chi connectivity index (χ1n) is 4.62. The van der Waals surface area contributed by atoms with Gasteiger partial charge in [0.2, 0.25) is 0 Å². The minimum atomic E-state index is 0.283. The summed E-state index contributed by atoms with van der Waals surface area (Å²) in [4.78, 5) is 0. The van der Waals surface area contributed by atoms with E-state index in [1.165, 1.54) is 5.56 Å². The van der Waals surface area contributed by atoms with Gasteiger partial charge in [-0.1, -0.05) is 42.8 Å². The maximum Gasteiger partial charge on any atom is 0.0408 e. The van der Waals surface area contributed by atoms with Gasteiger partial charge < -0.3 is 0 Å². The van der Waals surface area contributed by atoms with Crippen LogP contribution in [0.1, 0.15) is 25.3 Å². The van der Waals surface area contributed by atoms with E-state index in [1.54, 1.807) is 0 Å². The van der Waals surface area contributed by atoms with Gasteiger partial charge in [-0.3, -0.25) is 0 Å². The number of hydrogen-bond acceptors (Lipinski definition) is 0. The largest absolute Gasteiger partial charge is 0.0876 e. The molecule has 1 aromatic rings. The van der Waals surface area contributed by atoms with Crippen LogP contribution in [-0.4, -0.2) is 0 Å². The van der Waals surface area contributed by atoms with E-state index in [0.29, 0.717) is 0 Å². The van der Waals surface area contributed by atoms with Crippen LogP contribution in [0.3, 0.4) is 0 Å². The van der Waals surface area contributed by atoms with E-state index in [4.69, 9.17) is 11.6 Å². The predicted octanol–water partition coefficient (Wildman–Crippen LogP) is 3.95. The SMILES string of the molecule is CC1(c2cccc(Cl)c2)CC=CC1. The molecule has 1 aliphatic rings. The van der Waals surface area contributed by atoms with E-state index < -0.39 is 0 Å². The van der Waals surface area contributed by atoms with Crippen molar-refractivity contribution in [2.24, 2.45) is 0 Å². The van der Waals surface area contributed by atoms with E-state index in [9.17, 15) is 0 Å². The summed E-state index contributed by atoms with van der Waals surface area (Å²) in [6, 6.07) is 8.20. The van der Waals surface area contributed by atoms with Crippen molar-refractivity contribution >= 4 is 11.6 Å². The van der Waals surface area contributed by atoms with Crippen molar-refractivity contribution in [3.8, 4) is 0 Å². The number of hydrogen-bond donors (Lipinski definition) is 0. The Balaban J connectivity index is 2.35. The van der Waals surface area contributed by atoms with Gasteiger partial charge >= 0.3 is 0 Å². The fourth-order valence-electron chi connectivity index (χ4n) is 1.87. The summed E-state index contributed by atoms with van der Waals surface area (Å²) in [7, 11) is 0. The van der Waals surface area contributed by atoms with Crippen LogP contribution in [0.2, 0.25) is 5.02 Å². The van der Waals surface area contributed by atoms with Crippen LogP contribution in [0.25, 0.3) is 0 Å². The van der Waals surface area contributed by atoms with Crippen LogP contribution < -0.4 is 0 Å². The van der Waals surface area contributed by atoms with Crippen LogP contribution in [0.4, 0.5) is 0 Å². The maximum absolute atomic E-state index is 5.96. The summed E-state index contributed by atoms with van der Waals surface area (Å²) < 4.78 is 0. The molecule has 0 unspecified atom stereocenters. The van der Waals surface area contributed by atoms with Gasteiger partial charge in [-0.05, 0) is 36.0 Å². The van der Waals surface area contributed by atoms with Crippen LogP contribution in [0.15, 0.2) is 36.4 Å². The molecule has 0 saturated heterocycles. The van der Waals surface area contributed by atoms with Crippen LogP contribution >= 0.6 is 11.6 Å². The van der Waals surface area contributed by atoms with Crippen molar-refractivity contribution in [2.75, 3.05) is 0 Å². The molecule has 0 fully saturated rings. The van der Waals surface area contributed by atoms with Crippen molar-refractivity contribution in [3.05, 3.63) is 47.0 Å². The second kappa shape index (κ2) is 3.19. The van der Waals surface area contributed by atoms with Gasteiger partial charge in [-0.2, -0.15) is 0 Å². The van der Waals surface area contributed by atoms with Crippen LogP contribution in [-0.2, 0) is 5.41 Å². The highest BCUT2D eigenvalue weighted by molar-refractivity contribution is 6.30. The van der Waals surface area contributed by atoms with Gasteiger partial charge in [0.15, 0.2) is 0 Å². The first-order chi connectivity index (χ1) is 6.21. The number of rotatable bonds is 1. The van der Waals surface area contributed by atoms with E-state index in [0.717, 1.165) is 17.9 Å². The Morgan fingerprint density at radius 1 is 1.23 bits per heavy atom. The highest BCUT2D eigenvalue weighted by Crippen LogP contribution is 2.37. The van der Waals surface area contributed by atoms with E-state index in [2.05, 4.69) is 31.2 Å². The fraction of sp³-hybridized carbons (Fsp3) is 0.333. The van der Waals surface area contributed by atoms with Crippen LogP contribution in [0.5, 0.6) is 0 Å². The summed E-state index contributed by atoms with van der Waals surface area (Å²) >= 11 is 5.96. The van der Waals surface area contributed by atoms with Crippen molar-refractivity contribution in [1.29, 1.82) is 0 Å². The smallest absolute Gasteiger partial charge is 0.0408 e. The van der Waals surface area contributed by atoms with Gasteiger partial charge in [-0.15, -0.1) is 0 Å². The molecule has 0 radical (unpaired) electrons. The molecule has 0 N–H and O–H groups in total. The minimum Gasteiger partial charge on any atom is -0.0876 e. The Morgan fingerprint density at radius 3 is 2.54 bits per heavy atom. The molecule has 0 nitrogen and oxygen atoms in total. The maximum atomic E-state index is 5.96. The van der Waals surface area contributed by atoms with Crippen molar-refractivity contribution in [2.45, 2.75) is 25.2 Å². The number of halogens is 1. The molecule has 0 saturated carbocycles. The topological polar surface area (TPSA) is 0 Å². The average Bonchev–Trinajstić information content (AvgIpc) is 2.54. The van der Waals surface area contributed by atoms with Crippen molar-refractivity contribution in [1.82, 2.24) is 0 Å². The lowest BCUT2D eigenvalue weighted by molar-refractivity contribution is 0.511.